The number of rotatable bonds is 5. The summed E-state index contributed by atoms with van der Waals surface area (Å²) in [5.74, 6) is -0.241. The molecule has 2 rings (SSSR count). The quantitative estimate of drug-likeness (QED) is 0.765. The highest BCUT2D eigenvalue weighted by molar-refractivity contribution is 5.98. The molecule has 0 aliphatic heterocycles. The molecule has 0 saturated carbocycles. The topological polar surface area (TPSA) is 26.3 Å². The van der Waals surface area contributed by atoms with Crippen LogP contribution in [0.15, 0.2) is 48.5 Å². The van der Waals surface area contributed by atoms with Gasteiger partial charge in [-0.1, -0.05) is 30.3 Å². The second kappa shape index (κ2) is 6.14. The molecule has 3 heteroatoms. The first-order valence-electron chi connectivity index (χ1n) is 6.20. The van der Waals surface area contributed by atoms with Gasteiger partial charge in [-0.25, -0.2) is 4.39 Å². The summed E-state index contributed by atoms with van der Waals surface area (Å²) < 4.78 is 19.0. The van der Waals surface area contributed by atoms with Crippen LogP contribution in [0, 0.1) is 5.82 Å². The van der Waals surface area contributed by atoms with Gasteiger partial charge in [0.15, 0.2) is 5.78 Å². The van der Waals surface area contributed by atoms with Crippen molar-refractivity contribution in [2.45, 2.75) is 13.3 Å². The Morgan fingerprint density at radius 3 is 2.58 bits per heavy atom. The van der Waals surface area contributed by atoms with Crippen LogP contribution in [0.25, 0.3) is 0 Å². The molecule has 0 aliphatic carbocycles. The first kappa shape index (κ1) is 13.3. The number of Topliss-reactive ketones (excluding diaryl/α,β-unsaturated/α-hetero) is 1. The van der Waals surface area contributed by atoms with Crippen LogP contribution >= 0.6 is 0 Å². The Morgan fingerprint density at radius 1 is 1.16 bits per heavy atom. The lowest BCUT2D eigenvalue weighted by molar-refractivity contribution is 0.0988. The van der Waals surface area contributed by atoms with Crippen molar-refractivity contribution in [3.05, 3.63) is 65.5 Å². The highest BCUT2D eigenvalue weighted by Gasteiger charge is 2.13. The second-order valence-electron chi connectivity index (χ2n) is 4.16. The van der Waals surface area contributed by atoms with E-state index in [0.29, 0.717) is 12.4 Å². The van der Waals surface area contributed by atoms with Gasteiger partial charge in [0.2, 0.25) is 0 Å². The molecule has 2 nitrogen and oxygen atoms in total. The van der Waals surface area contributed by atoms with Crippen molar-refractivity contribution in [3.63, 3.8) is 0 Å². The average Bonchev–Trinajstić information content (AvgIpc) is 2.42. The van der Waals surface area contributed by atoms with Crippen molar-refractivity contribution in [2.24, 2.45) is 0 Å². The zero-order valence-corrected chi connectivity index (χ0v) is 10.7. The summed E-state index contributed by atoms with van der Waals surface area (Å²) in [5.41, 5.74) is 0.948. The molecule has 0 heterocycles. The van der Waals surface area contributed by atoms with E-state index in [9.17, 15) is 9.18 Å². The van der Waals surface area contributed by atoms with E-state index in [4.69, 9.17) is 4.74 Å². The van der Waals surface area contributed by atoms with Gasteiger partial charge in [0.1, 0.15) is 11.6 Å². The van der Waals surface area contributed by atoms with Crippen LogP contribution in [0.2, 0.25) is 0 Å². The third-order valence-electron chi connectivity index (χ3n) is 2.76. The third kappa shape index (κ3) is 3.41. The molecule has 2 aromatic carbocycles. The molecule has 0 N–H and O–H groups in total. The number of benzene rings is 2. The predicted molar refractivity (Wildman–Crippen MR) is 72.0 cm³/mol. The Balaban J connectivity index is 2.21. The van der Waals surface area contributed by atoms with Gasteiger partial charge in [0.05, 0.1) is 12.2 Å². The minimum atomic E-state index is -0.510. The summed E-state index contributed by atoms with van der Waals surface area (Å²) in [4.78, 5) is 12.1. The fourth-order valence-electron chi connectivity index (χ4n) is 1.85. The number of carbonyl (C=O) groups excluding carboxylic acids is 1. The number of hydrogen-bond donors (Lipinski definition) is 0. The molecule has 19 heavy (non-hydrogen) atoms. The van der Waals surface area contributed by atoms with E-state index in [1.807, 2.05) is 37.3 Å². The van der Waals surface area contributed by atoms with E-state index in [2.05, 4.69) is 0 Å². The normalized spacial score (nSPS) is 10.2. The lowest BCUT2D eigenvalue weighted by Crippen LogP contribution is -2.07. The molecule has 0 radical (unpaired) electrons. The number of hydrogen-bond acceptors (Lipinski definition) is 2. The first-order valence-corrected chi connectivity index (χ1v) is 6.20. The minimum Gasteiger partial charge on any atom is -0.494 e. The highest BCUT2D eigenvalue weighted by Crippen LogP contribution is 2.19. The first-order chi connectivity index (χ1) is 9.20. The SMILES string of the molecule is CCOc1ccc(F)c(C(=O)Cc2ccccc2)c1. The van der Waals surface area contributed by atoms with Gasteiger partial charge < -0.3 is 4.74 Å². The largest absolute Gasteiger partial charge is 0.494 e. The molecule has 0 saturated heterocycles. The summed E-state index contributed by atoms with van der Waals surface area (Å²) in [5, 5.41) is 0. The molecule has 0 amide bonds. The maximum atomic E-state index is 13.7. The molecule has 0 spiro atoms. The van der Waals surface area contributed by atoms with Crippen molar-refractivity contribution in [2.75, 3.05) is 6.61 Å². The smallest absolute Gasteiger partial charge is 0.170 e. The summed E-state index contributed by atoms with van der Waals surface area (Å²) in [6, 6.07) is 13.5. The molecule has 2 aromatic rings. The maximum Gasteiger partial charge on any atom is 0.170 e. The van der Waals surface area contributed by atoms with Crippen LogP contribution in [0.3, 0.4) is 0 Å². The van der Waals surface area contributed by atoms with Crippen molar-refractivity contribution in [1.29, 1.82) is 0 Å². The fourth-order valence-corrected chi connectivity index (χ4v) is 1.85. The Kier molecular flexibility index (Phi) is 4.29. The zero-order valence-electron chi connectivity index (χ0n) is 10.7. The monoisotopic (exact) mass is 258 g/mol. The van der Waals surface area contributed by atoms with Gasteiger partial charge in [-0.15, -0.1) is 0 Å². The van der Waals surface area contributed by atoms with E-state index in [-0.39, 0.29) is 17.8 Å². The van der Waals surface area contributed by atoms with E-state index < -0.39 is 5.82 Å². The predicted octanol–water partition coefficient (Wildman–Crippen LogP) is 3.65. The lowest BCUT2D eigenvalue weighted by atomic mass is 10.0. The van der Waals surface area contributed by atoms with E-state index in [0.717, 1.165) is 5.56 Å². The zero-order chi connectivity index (χ0) is 13.7. The average molecular weight is 258 g/mol. The molecule has 98 valence electrons. The standard InChI is InChI=1S/C16H15FO2/c1-2-19-13-8-9-15(17)14(11-13)16(18)10-12-6-4-3-5-7-12/h3-9,11H,2,10H2,1H3. The van der Waals surface area contributed by atoms with Gasteiger partial charge in [0, 0.05) is 6.42 Å². The van der Waals surface area contributed by atoms with Gasteiger partial charge in [0.25, 0.3) is 0 Å². The van der Waals surface area contributed by atoms with E-state index in [1.165, 1.54) is 18.2 Å². The summed E-state index contributed by atoms with van der Waals surface area (Å²) in [7, 11) is 0. The Hall–Kier alpha value is -2.16. The summed E-state index contributed by atoms with van der Waals surface area (Å²) >= 11 is 0. The number of carbonyl (C=O) groups is 1. The van der Waals surface area contributed by atoms with Crippen molar-refractivity contribution >= 4 is 5.78 Å². The molecular weight excluding hydrogens is 243 g/mol. The minimum absolute atomic E-state index is 0.0785. The number of ether oxygens (including phenoxy) is 1. The van der Waals surface area contributed by atoms with Crippen LogP contribution in [-0.4, -0.2) is 12.4 Å². The van der Waals surface area contributed by atoms with Crippen LogP contribution in [0.1, 0.15) is 22.8 Å². The van der Waals surface area contributed by atoms with Crippen molar-refractivity contribution in [3.8, 4) is 5.75 Å². The maximum absolute atomic E-state index is 13.7. The van der Waals surface area contributed by atoms with E-state index in [1.54, 1.807) is 0 Å². The number of halogens is 1. The van der Waals surface area contributed by atoms with Gasteiger partial charge in [-0.05, 0) is 30.7 Å². The van der Waals surface area contributed by atoms with Crippen LogP contribution in [0.5, 0.6) is 5.75 Å². The molecule has 0 atom stereocenters. The van der Waals surface area contributed by atoms with Crippen molar-refractivity contribution < 1.29 is 13.9 Å². The van der Waals surface area contributed by atoms with Crippen LogP contribution in [0.4, 0.5) is 4.39 Å². The van der Waals surface area contributed by atoms with Gasteiger partial charge in [-0.3, -0.25) is 4.79 Å². The number of ketones is 1. The van der Waals surface area contributed by atoms with Crippen molar-refractivity contribution in [1.82, 2.24) is 0 Å². The third-order valence-corrected chi connectivity index (χ3v) is 2.76. The molecule has 0 fully saturated rings. The van der Waals surface area contributed by atoms with E-state index >= 15 is 0 Å². The van der Waals surface area contributed by atoms with Crippen LogP contribution in [-0.2, 0) is 6.42 Å². The van der Waals surface area contributed by atoms with Crippen LogP contribution < -0.4 is 4.74 Å². The highest BCUT2D eigenvalue weighted by atomic mass is 19.1. The Morgan fingerprint density at radius 2 is 1.89 bits per heavy atom. The van der Waals surface area contributed by atoms with Gasteiger partial charge >= 0.3 is 0 Å². The van der Waals surface area contributed by atoms with Gasteiger partial charge in [-0.2, -0.15) is 0 Å². The lowest BCUT2D eigenvalue weighted by Gasteiger charge is -2.07. The molecule has 0 aromatic heterocycles. The Labute approximate surface area is 111 Å². The molecule has 0 bridgehead atoms. The summed E-state index contributed by atoms with van der Waals surface area (Å²) in [6.07, 6.45) is 0.188. The molecule has 0 aliphatic rings. The fraction of sp³-hybridized carbons (Fsp3) is 0.188. The second-order valence-corrected chi connectivity index (χ2v) is 4.16. The molecule has 0 unspecified atom stereocenters. The molecular formula is C16H15FO2. The summed E-state index contributed by atoms with van der Waals surface area (Å²) in [6.45, 7) is 2.33. The Bertz CT molecular complexity index is 564.